The smallest absolute Gasteiger partial charge is 0.423 e. The molecule has 0 aliphatic carbocycles. The van der Waals surface area contributed by atoms with Crippen LogP contribution in [0.5, 0.6) is 0 Å². The molecule has 0 amide bonds. The molecular formula is C6H9BF2N2O2. The van der Waals surface area contributed by atoms with E-state index in [4.69, 9.17) is 10.0 Å². The second-order valence-corrected chi connectivity index (χ2v) is 2.87. The lowest BCUT2D eigenvalue weighted by Gasteiger charge is -2.08. The van der Waals surface area contributed by atoms with E-state index in [-0.39, 0.29) is 5.46 Å². The Hall–Kier alpha value is -0.945. The summed E-state index contributed by atoms with van der Waals surface area (Å²) in [7, 11) is -0.490. The molecule has 0 bridgehead atoms. The highest BCUT2D eigenvalue weighted by molar-refractivity contribution is 6.59. The van der Waals surface area contributed by atoms with Gasteiger partial charge in [0.25, 0.3) is 5.92 Å². The molecule has 0 aliphatic heterocycles. The predicted octanol–water partition coefficient (Wildman–Crippen LogP) is -0.788. The fourth-order valence-electron chi connectivity index (χ4n) is 1.04. The zero-order chi connectivity index (χ0) is 10.2. The first-order chi connectivity index (χ1) is 5.82. The molecule has 0 saturated carbocycles. The van der Waals surface area contributed by atoms with Gasteiger partial charge in [0.1, 0.15) is 5.69 Å². The third kappa shape index (κ3) is 2.04. The summed E-state index contributed by atoms with van der Waals surface area (Å²) in [6, 6.07) is 0. The van der Waals surface area contributed by atoms with Crippen LogP contribution >= 0.6 is 0 Å². The molecule has 4 nitrogen and oxygen atoms in total. The van der Waals surface area contributed by atoms with Gasteiger partial charge in [0.2, 0.25) is 0 Å². The molecule has 0 spiro atoms. The van der Waals surface area contributed by atoms with Gasteiger partial charge >= 0.3 is 7.12 Å². The van der Waals surface area contributed by atoms with Crippen LogP contribution < -0.4 is 5.46 Å². The summed E-state index contributed by atoms with van der Waals surface area (Å²) in [6.45, 7) is 0.654. The van der Waals surface area contributed by atoms with Crippen molar-refractivity contribution in [2.24, 2.45) is 7.05 Å². The van der Waals surface area contributed by atoms with Crippen LogP contribution in [0.25, 0.3) is 0 Å². The first-order valence-electron chi connectivity index (χ1n) is 3.60. The zero-order valence-electron chi connectivity index (χ0n) is 7.20. The van der Waals surface area contributed by atoms with Crippen molar-refractivity contribution in [3.8, 4) is 0 Å². The number of hydrogen-bond acceptors (Lipinski definition) is 3. The fraction of sp³-hybridized carbons (Fsp3) is 0.500. The lowest BCUT2D eigenvalue weighted by Crippen LogP contribution is -2.35. The van der Waals surface area contributed by atoms with Crippen molar-refractivity contribution in [3.05, 3.63) is 11.9 Å². The molecule has 0 fully saturated rings. The van der Waals surface area contributed by atoms with Crippen molar-refractivity contribution in [2.45, 2.75) is 12.8 Å². The maximum atomic E-state index is 12.8. The van der Waals surface area contributed by atoms with Crippen LogP contribution in [0.4, 0.5) is 8.78 Å². The summed E-state index contributed by atoms with van der Waals surface area (Å²) < 4.78 is 26.7. The van der Waals surface area contributed by atoms with E-state index in [0.29, 0.717) is 6.92 Å². The SMILES string of the molecule is Cn1cc(B(O)O)c(C(C)(F)F)n1. The minimum atomic E-state index is -3.17. The van der Waals surface area contributed by atoms with Crippen molar-refractivity contribution < 1.29 is 18.8 Å². The Morgan fingerprint density at radius 1 is 1.54 bits per heavy atom. The van der Waals surface area contributed by atoms with Crippen molar-refractivity contribution in [3.63, 3.8) is 0 Å². The van der Waals surface area contributed by atoms with Gasteiger partial charge in [0.05, 0.1) is 0 Å². The molecule has 0 atom stereocenters. The normalized spacial score (nSPS) is 11.8. The molecule has 2 N–H and O–H groups in total. The third-order valence-corrected chi connectivity index (χ3v) is 1.55. The number of hydrogen-bond donors (Lipinski definition) is 2. The summed E-state index contributed by atoms with van der Waals surface area (Å²) in [6.07, 6.45) is 1.15. The summed E-state index contributed by atoms with van der Waals surface area (Å²) in [5.41, 5.74) is -0.875. The topological polar surface area (TPSA) is 58.3 Å². The average Bonchev–Trinajstić information content (AvgIpc) is 2.29. The highest BCUT2D eigenvalue weighted by atomic mass is 19.3. The third-order valence-electron chi connectivity index (χ3n) is 1.55. The maximum Gasteiger partial charge on any atom is 0.492 e. The molecule has 13 heavy (non-hydrogen) atoms. The number of aromatic nitrogens is 2. The fourth-order valence-corrected chi connectivity index (χ4v) is 1.04. The standard InChI is InChI=1S/C6H9BF2N2O2/c1-6(8,9)5-4(7(12)13)3-11(2)10-5/h3,12-13H,1-2H3. The van der Waals surface area contributed by atoms with E-state index in [2.05, 4.69) is 5.10 Å². The molecule has 0 aromatic carbocycles. The Morgan fingerprint density at radius 2 is 2.08 bits per heavy atom. The van der Waals surface area contributed by atoms with Crippen LogP contribution in [0.2, 0.25) is 0 Å². The van der Waals surface area contributed by atoms with E-state index in [1.807, 2.05) is 0 Å². The Morgan fingerprint density at radius 3 is 2.38 bits per heavy atom. The summed E-state index contributed by atoms with van der Waals surface area (Å²) in [4.78, 5) is 0. The van der Waals surface area contributed by atoms with Gasteiger partial charge in [-0.25, -0.2) is 0 Å². The number of rotatable bonds is 2. The van der Waals surface area contributed by atoms with E-state index in [1.54, 1.807) is 0 Å². The predicted molar refractivity (Wildman–Crippen MR) is 42.6 cm³/mol. The monoisotopic (exact) mass is 190 g/mol. The first-order valence-corrected chi connectivity index (χ1v) is 3.60. The van der Waals surface area contributed by atoms with Crippen LogP contribution in [-0.2, 0) is 13.0 Å². The van der Waals surface area contributed by atoms with Gasteiger partial charge < -0.3 is 10.0 Å². The van der Waals surface area contributed by atoms with Gasteiger partial charge in [0, 0.05) is 25.6 Å². The highest BCUT2D eigenvalue weighted by Gasteiger charge is 2.34. The second kappa shape index (κ2) is 3.08. The number of aryl methyl sites for hydroxylation is 1. The van der Waals surface area contributed by atoms with E-state index < -0.39 is 18.7 Å². The Labute approximate surface area is 73.9 Å². The molecule has 0 aliphatic rings. The van der Waals surface area contributed by atoms with E-state index in [1.165, 1.54) is 7.05 Å². The van der Waals surface area contributed by atoms with Crippen LogP contribution in [-0.4, -0.2) is 26.9 Å². The van der Waals surface area contributed by atoms with Gasteiger partial charge in [-0.05, 0) is 0 Å². The molecule has 1 aromatic rings. The molecule has 72 valence electrons. The van der Waals surface area contributed by atoms with Gasteiger partial charge in [0.15, 0.2) is 0 Å². The molecule has 1 aromatic heterocycles. The zero-order valence-corrected chi connectivity index (χ0v) is 7.20. The molecule has 1 heterocycles. The van der Waals surface area contributed by atoms with Crippen LogP contribution in [0, 0.1) is 0 Å². The maximum absolute atomic E-state index is 12.8. The lowest BCUT2D eigenvalue weighted by atomic mass is 9.79. The molecule has 0 unspecified atom stereocenters. The van der Waals surface area contributed by atoms with Crippen LogP contribution in [0.15, 0.2) is 6.20 Å². The van der Waals surface area contributed by atoms with Crippen molar-refractivity contribution >= 4 is 12.6 Å². The minimum Gasteiger partial charge on any atom is -0.423 e. The number of halogens is 2. The largest absolute Gasteiger partial charge is 0.492 e. The highest BCUT2D eigenvalue weighted by Crippen LogP contribution is 2.23. The molecule has 0 saturated heterocycles. The van der Waals surface area contributed by atoms with E-state index in [0.717, 1.165) is 10.9 Å². The molecule has 7 heteroatoms. The molecular weight excluding hydrogens is 181 g/mol. The Balaban J connectivity index is 3.20. The van der Waals surface area contributed by atoms with Crippen LogP contribution in [0.1, 0.15) is 12.6 Å². The molecule has 1 rings (SSSR count). The molecule has 0 radical (unpaired) electrons. The second-order valence-electron chi connectivity index (χ2n) is 2.87. The van der Waals surface area contributed by atoms with Crippen LogP contribution in [0.3, 0.4) is 0 Å². The summed E-state index contributed by atoms with van der Waals surface area (Å²) >= 11 is 0. The van der Waals surface area contributed by atoms with E-state index in [9.17, 15) is 8.78 Å². The lowest BCUT2D eigenvalue weighted by molar-refractivity contribution is 0.0130. The van der Waals surface area contributed by atoms with Crippen molar-refractivity contribution in [1.29, 1.82) is 0 Å². The Kier molecular flexibility index (Phi) is 2.40. The van der Waals surface area contributed by atoms with Gasteiger partial charge in [-0.1, -0.05) is 0 Å². The van der Waals surface area contributed by atoms with Crippen molar-refractivity contribution in [1.82, 2.24) is 9.78 Å². The quantitative estimate of drug-likeness (QED) is 0.601. The van der Waals surface area contributed by atoms with E-state index >= 15 is 0 Å². The van der Waals surface area contributed by atoms with Gasteiger partial charge in [-0.2, -0.15) is 13.9 Å². The first kappa shape index (κ1) is 10.1. The number of alkyl halides is 2. The number of nitrogens with zero attached hydrogens (tertiary/aromatic N) is 2. The van der Waals surface area contributed by atoms with Crippen molar-refractivity contribution in [2.75, 3.05) is 0 Å². The summed E-state index contributed by atoms with van der Waals surface area (Å²) in [5, 5.41) is 21.0. The Bertz CT molecular complexity index is 308. The van der Waals surface area contributed by atoms with Gasteiger partial charge in [-0.3, -0.25) is 4.68 Å². The minimum absolute atomic E-state index is 0.269. The summed E-state index contributed by atoms with van der Waals surface area (Å²) in [5.74, 6) is -3.17. The van der Waals surface area contributed by atoms with Gasteiger partial charge in [-0.15, -0.1) is 0 Å². The average molecular weight is 190 g/mol.